The Morgan fingerprint density at radius 3 is 2.65 bits per heavy atom. The van der Waals surface area contributed by atoms with Crippen molar-refractivity contribution in [1.29, 1.82) is 0 Å². The van der Waals surface area contributed by atoms with Gasteiger partial charge in [-0.15, -0.1) is 11.3 Å². The highest BCUT2D eigenvalue weighted by molar-refractivity contribution is 7.25. The van der Waals surface area contributed by atoms with Gasteiger partial charge in [-0.3, -0.25) is 9.36 Å². The number of thiophene rings is 1. The van der Waals surface area contributed by atoms with Crippen LogP contribution in [0.2, 0.25) is 0 Å². The van der Waals surface area contributed by atoms with Crippen molar-refractivity contribution in [3.05, 3.63) is 28.4 Å². The van der Waals surface area contributed by atoms with Gasteiger partial charge in [0.2, 0.25) is 0 Å². The van der Waals surface area contributed by atoms with Gasteiger partial charge in [-0.1, -0.05) is 13.8 Å². The molecule has 3 heterocycles. The van der Waals surface area contributed by atoms with E-state index >= 15 is 0 Å². The number of hydrogen-bond acceptors (Lipinski definition) is 5. The maximum Gasteiger partial charge on any atom is 0.271 e. The third-order valence-electron chi connectivity index (χ3n) is 5.63. The van der Waals surface area contributed by atoms with Crippen LogP contribution in [0, 0.1) is 5.92 Å². The van der Waals surface area contributed by atoms with Crippen LogP contribution >= 0.6 is 11.3 Å². The van der Waals surface area contributed by atoms with Gasteiger partial charge in [0.1, 0.15) is 20.9 Å². The molecule has 0 unspecified atom stereocenters. The molecule has 5 nitrogen and oxygen atoms in total. The van der Waals surface area contributed by atoms with Gasteiger partial charge in [0.15, 0.2) is 0 Å². The van der Waals surface area contributed by atoms with Crippen LogP contribution in [-0.4, -0.2) is 28.6 Å². The first-order chi connectivity index (χ1) is 12.5. The van der Waals surface area contributed by atoms with Crippen LogP contribution < -0.4 is 10.5 Å². The lowest BCUT2D eigenvalue weighted by Crippen LogP contribution is -2.30. The zero-order valence-electron chi connectivity index (χ0n) is 16.0. The first kappa shape index (κ1) is 17.5. The summed E-state index contributed by atoms with van der Waals surface area (Å²) in [6.45, 7) is 4.40. The number of hydrogen-bond donors (Lipinski definition) is 0. The monoisotopic (exact) mass is 370 g/mol. The normalized spacial score (nSPS) is 20.8. The van der Waals surface area contributed by atoms with Crippen molar-refractivity contribution in [2.75, 3.05) is 19.0 Å². The summed E-state index contributed by atoms with van der Waals surface area (Å²) < 4.78 is 2.75. The Labute approximate surface area is 157 Å². The Morgan fingerprint density at radius 2 is 2.00 bits per heavy atom. The van der Waals surface area contributed by atoms with E-state index in [0.29, 0.717) is 0 Å². The van der Waals surface area contributed by atoms with Crippen LogP contribution in [0.15, 0.2) is 17.1 Å². The molecule has 0 aromatic carbocycles. The predicted octanol–water partition coefficient (Wildman–Crippen LogP) is 4.39. The second-order valence-corrected chi connectivity index (χ2v) is 8.65. The summed E-state index contributed by atoms with van der Waals surface area (Å²) >= 11 is 1.48. The standard InChI is InChI=1S/C20H26N4OS/c1-5-15-22-17-16-14(23(3)4)10-11-21-19(16)26-18(17)20(25)24(15)13-8-6-12(2)7-9-13/h10-13H,5-9H2,1-4H3. The van der Waals surface area contributed by atoms with Crippen molar-refractivity contribution in [1.82, 2.24) is 14.5 Å². The lowest BCUT2D eigenvalue weighted by Gasteiger charge is -2.29. The number of aromatic nitrogens is 3. The zero-order chi connectivity index (χ0) is 18.4. The van der Waals surface area contributed by atoms with E-state index in [1.807, 2.05) is 30.9 Å². The van der Waals surface area contributed by atoms with Crippen molar-refractivity contribution in [3.63, 3.8) is 0 Å². The largest absolute Gasteiger partial charge is 0.377 e. The van der Waals surface area contributed by atoms with Gasteiger partial charge < -0.3 is 4.90 Å². The average Bonchev–Trinajstić information content (AvgIpc) is 3.01. The van der Waals surface area contributed by atoms with E-state index in [1.54, 1.807) is 0 Å². The van der Waals surface area contributed by atoms with E-state index in [4.69, 9.17) is 4.98 Å². The molecule has 0 radical (unpaired) electrons. The Morgan fingerprint density at radius 1 is 1.27 bits per heavy atom. The Balaban J connectivity index is 1.98. The highest BCUT2D eigenvalue weighted by atomic mass is 32.1. The molecule has 1 fully saturated rings. The molecule has 1 saturated carbocycles. The van der Waals surface area contributed by atoms with Crippen LogP contribution in [0.1, 0.15) is 51.4 Å². The van der Waals surface area contributed by atoms with E-state index in [1.165, 1.54) is 24.2 Å². The van der Waals surface area contributed by atoms with E-state index < -0.39 is 0 Å². The molecule has 0 aliphatic heterocycles. The molecular weight excluding hydrogens is 344 g/mol. The van der Waals surface area contributed by atoms with Gasteiger partial charge in [-0.25, -0.2) is 9.97 Å². The Hall–Kier alpha value is -1.95. The first-order valence-corrected chi connectivity index (χ1v) is 10.3. The molecule has 0 spiro atoms. The van der Waals surface area contributed by atoms with Crippen LogP contribution in [0.5, 0.6) is 0 Å². The maximum absolute atomic E-state index is 13.4. The van der Waals surface area contributed by atoms with E-state index in [0.717, 1.165) is 57.1 Å². The summed E-state index contributed by atoms with van der Waals surface area (Å²) in [6, 6.07) is 2.28. The van der Waals surface area contributed by atoms with Gasteiger partial charge in [-0.2, -0.15) is 0 Å². The van der Waals surface area contributed by atoms with Gasteiger partial charge in [-0.05, 0) is 37.7 Å². The molecule has 0 N–H and O–H groups in total. The van der Waals surface area contributed by atoms with Crippen molar-refractivity contribution in [2.24, 2.45) is 5.92 Å². The van der Waals surface area contributed by atoms with E-state index in [-0.39, 0.29) is 11.6 Å². The van der Waals surface area contributed by atoms with Gasteiger partial charge in [0.25, 0.3) is 5.56 Å². The number of rotatable bonds is 3. The third-order valence-corrected chi connectivity index (χ3v) is 6.70. The summed E-state index contributed by atoms with van der Waals surface area (Å²) in [5.74, 6) is 1.68. The third kappa shape index (κ3) is 2.71. The minimum Gasteiger partial charge on any atom is -0.377 e. The topological polar surface area (TPSA) is 51.0 Å². The van der Waals surface area contributed by atoms with Crippen LogP contribution in [0.4, 0.5) is 5.69 Å². The second-order valence-electron chi connectivity index (χ2n) is 7.65. The molecule has 3 aromatic heterocycles. The van der Waals surface area contributed by atoms with Crippen molar-refractivity contribution < 1.29 is 0 Å². The number of nitrogens with zero attached hydrogens (tertiary/aromatic N) is 4. The lowest BCUT2D eigenvalue weighted by molar-refractivity contribution is 0.279. The minimum absolute atomic E-state index is 0.124. The van der Waals surface area contributed by atoms with Crippen LogP contribution in [-0.2, 0) is 6.42 Å². The first-order valence-electron chi connectivity index (χ1n) is 9.51. The minimum atomic E-state index is 0.124. The lowest BCUT2D eigenvalue weighted by atomic mass is 9.87. The number of fused-ring (bicyclic) bond motifs is 3. The van der Waals surface area contributed by atoms with Crippen molar-refractivity contribution in [3.8, 4) is 0 Å². The molecular formula is C20H26N4OS. The van der Waals surface area contributed by atoms with Gasteiger partial charge in [0.05, 0.1) is 11.1 Å². The van der Waals surface area contributed by atoms with Gasteiger partial charge >= 0.3 is 0 Å². The smallest absolute Gasteiger partial charge is 0.271 e. The zero-order valence-corrected chi connectivity index (χ0v) is 16.8. The molecule has 1 aliphatic rings. The molecule has 138 valence electrons. The highest BCUT2D eigenvalue weighted by Gasteiger charge is 2.25. The molecule has 0 amide bonds. The molecule has 26 heavy (non-hydrogen) atoms. The molecule has 0 atom stereocenters. The molecule has 4 rings (SSSR count). The Bertz CT molecular complexity index is 1010. The van der Waals surface area contributed by atoms with E-state index in [2.05, 4.69) is 23.7 Å². The highest BCUT2D eigenvalue weighted by Crippen LogP contribution is 2.37. The SMILES string of the molecule is CCc1nc2c(sc3nccc(N(C)C)c32)c(=O)n1C1CCC(C)CC1. The second kappa shape index (κ2) is 6.65. The summed E-state index contributed by atoms with van der Waals surface area (Å²) in [6.07, 6.45) is 7.12. The fourth-order valence-electron chi connectivity index (χ4n) is 4.15. The number of pyridine rings is 1. The quantitative estimate of drug-likeness (QED) is 0.686. The van der Waals surface area contributed by atoms with Gasteiger partial charge in [0, 0.05) is 32.8 Å². The molecule has 0 saturated heterocycles. The summed E-state index contributed by atoms with van der Waals surface area (Å²) in [5, 5.41) is 1.01. The van der Waals surface area contributed by atoms with Crippen molar-refractivity contribution in [2.45, 2.75) is 52.0 Å². The summed E-state index contributed by atoms with van der Waals surface area (Å²) in [7, 11) is 4.03. The molecule has 6 heteroatoms. The van der Waals surface area contributed by atoms with Crippen LogP contribution in [0.3, 0.4) is 0 Å². The molecule has 1 aliphatic carbocycles. The maximum atomic E-state index is 13.4. The fourth-order valence-corrected chi connectivity index (χ4v) is 5.19. The van der Waals surface area contributed by atoms with E-state index in [9.17, 15) is 4.79 Å². The number of anilines is 1. The van der Waals surface area contributed by atoms with Crippen molar-refractivity contribution >= 4 is 37.5 Å². The fraction of sp³-hybridized carbons (Fsp3) is 0.550. The van der Waals surface area contributed by atoms with Crippen LogP contribution in [0.25, 0.3) is 20.4 Å². The predicted molar refractivity (Wildman–Crippen MR) is 110 cm³/mol. The Kier molecular flexibility index (Phi) is 4.47. The average molecular weight is 371 g/mol. The summed E-state index contributed by atoms with van der Waals surface area (Å²) in [5.41, 5.74) is 2.02. The molecule has 0 bridgehead atoms. The number of aryl methyl sites for hydroxylation is 1. The molecule has 3 aromatic rings. The summed E-state index contributed by atoms with van der Waals surface area (Å²) in [4.78, 5) is 25.9.